The van der Waals surface area contributed by atoms with Crippen LogP contribution in [0.25, 0.3) is 16.7 Å². The lowest BCUT2D eigenvalue weighted by molar-refractivity contribution is 0.102. The van der Waals surface area contributed by atoms with Crippen LogP contribution in [0.1, 0.15) is 67.8 Å². The van der Waals surface area contributed by atoms with E-state index < -0.39 is 0 Å². The topological polar surface area (TPSA) is 62.6 Å². The van der Waals surface area contributed by atoms with Crippen LogP contribution in [0.5, 0.6) is 11.5 Å². The number of hydrogen-bond donors (Lipinski definition) is 2. The lowest BCUT2D eigenvalue weighted by atomic mass is 9.92. The minimum Gasteiger partial charge on any atom is -0.488 e. The first kappa shape index (κ1) is 29.4. The van der Waals surface area contributed by atoms with Gasteiger partial charge < -0.3 is 20.1 Å². The maximum atomic E-state index is 13.8. The minimum atomic E-state index is -0.290. The van der Waals surface area contributed by atoms with E-state index in [9.17, 15) is 9.18 Å². The number of ether oxygens (including phenoxy) is 2. The summed E-state index contributed by atoms with van der Waals surface area (Å²) in [4.78, 5) is 16.0. The minimum absolute atomic E-state index is 0.0698. The average molecular weight is 584 g/mol. The number of carbonyl (C=O) groups excluding carboxylic acids is 1. The molecule has 3 aromatic rings. The molecule has 3 aromatic carbocycles. The molecule has 226 valence electrons. The van der Waals surface area contributed by atoms with Gasteiger partial charge in [0.25, 0.3) is 5.91 Å². The lowest BCUT2D eigenvalue weighted by Crippen LogP contribution is -2.26. The highest BCUT2D eigenvalue weighted by Gasteiger charge is 2.24. The Balaban J connectivity index is 1.26. The van der Waals surface area contributed by atoms with Gasteiger partial charge in [0.05, 0.1) is 0 Å². The Morgan fingerprint density at radius 2 is 1.88 bits per heavy atom. The second kappa shape index (κ2) is 13.7. The number of nitrogens with zero attached hydrogens (tertiary/aromatic N) is 1. The number of rotatable bonds is 12. The van der Waals surface area contributed by atoms with E-state index in [-0.39, 0.29) is 23.9 Å². The molecule has 2 fully saturated rings. The maximum absolute atomic E-state index is 13.8. The van der Waals surface area contributed by atoms with Crippen molar-refractivity contribution in [2.45, 2.75) is 64.1 Å². The summed E-state index contributed by atoms with van der Waals surface area (Å²) in [6.07, 6.45) is 9.84. The van der Waals surface area contributed by atoms with Crippen molar-refractivity contribution < 1.29 is 18.7 Å². The Morgan fingerprint density at radius 1 is 1.05 bits per heavy atom. The van der Waals surface area contributed by atoms with Gasteiger partial charge in [-0.05, 0) is 105 Å². The molecule has 6 rings (SSSR count). The van der Waals surface area contributed by atoms with E-state index in [4.69, 9.17) is 9.47 Å². The van der Waals surface area contributed by atoms with E-state index >= 15 is 0 Å². The van der Waals surface area contributed by atoms with Gasteiger partial charge >= 0.3 is 0 Å². The molecule has 0 radical (unpaired) electrons. The van der Waals surface area contributed by atoms with E-state index in [0.717, 1.165) is 99.4 Å². The van der Waals surface area contributed by atoms with Gasteiger partial charge in [0.2, 0.25) is 0 Å². The third kappa shape index (κ3) is 7.64. The first-order chi connectivity index (χ1) is 21.1. The number of amides is 1. The Hall–Kier alpha value is -3.68. The number of benzene rings is 3. The van der Waals surface area contributed by atoms with Crippen molar-refractivity contribution in [3.05, 3.63) is 83.7 Å². The Labute approximate surface area is 254 Å². The molecule has 2 atom stereocenters. The fourth-order valence-corrected chi connectivity index (χ4v) is 6.02. The van der Waals surface area contributed by atoms with Gasteiger partial charge in [-0.3, -0.25) is 9.69 Å². The quantitative estimate of drug-likeness (QED) is 0.219. The molecule has 3 aliphatic rings. The summed E-state index contributed by atoms with van der Waals surface area (Å²) in [7, 11) is 0. The zero-order chi connectivity index (χ0) is 29.6. The zero-order valence-electron chi connectivity index (χ0n) is 25.0. The zero-order valence-corrected chi connectivity index (χ0v) is 25.0. The first-order valence-corrected chi connectivity index (χ1v) is 15.9. The standard InChI is InChI=1S/C36H42FN3O3/c1-2-6-31(24-40-19-20-40)43-35-16-14-29(22-33(35)26-9-12-28(37)13-10-26)39-36(41)27-11-15-34(42-30-17-18-38-23-30)32(21-27)25-7-4-3-5-8-25/h7,9-16,21-22,30-31,38H,2-6,8,17-20,23-24H2,1H3,(H,39,41)/t30-,31-/m0/s1. The summed E-state index contributed by atoms with van der Waals surface area (Å²) in [5.74, 6) is 1.11. The molecule has 2 saturated heterocycles. The number of nitrogens with one attached hydrogen (secondary N) is 2. The van der Waals surface area contributed by atoms with Crippen molar-refractivity contribution in [2.24, 2.45) is 0 Å². The fourth-order valence-electron chi connectivity index (χ4n) is 6.02. The summed E-state index contributed by atoms with van der Waals surface area (Å²) in [5.41, 5.74) is 5.18. The van der Waals surface area contributed by atoms with Crippen molar-refractivity contribution in [3.63, 3.8) is 0 Å². The Morgan fingerprint density at radius 3 is 2.60 bits per heavy atom. The van der Waals surface area contributed by atoms with Crippen molar-refractivity contribution >= 4 is 17.2 Å². The molecule has 7 heteroatoms. The maximum Gasteiger partial charge on any atom is 0.255 e. The van der Waals surface area contributed by atoms with Crippen LogP contribution >= 0.6 is 0 Å². The van der Waals surface area contributed by atoms with E-state index in [0.29, 0.717) is 11.3 Å². The molecule has 2 aliphatic heterocycles. The average Bonchev–Trinajstić information content (AvgIpc) is 3.70. The van der Waals surface area contributed by atoms with Gasteiger partial charge in [-0.15, -0.1) is 0 Å². The molecule has 1 amide bonds. The van der Waals surface area contributed by atoms with Crippen LogP contribution in [-0.2, 0) is 0 Å². The Kier molecular flexibility index (Phi) is 9.39. The summed E-state index contributed by atoms with van der Waals surface area (Å²) < 4.78 is 26.7. The van der Waals surface area contributed by atoms with Gasteiger partial charge in [0.1, 0.15) is 29.5 Å². The monoisotopic (exact) mass is 583 g/mol. The highest BCUT2D eigenvalue weighted by Crippen LogP contribution is 2.36. The molecule has 2 N–H and O–H groups in total. The van der Waals surface area contributed by atoms with Crippen molar-refractivity contribution in [1.82, 2.24) is 10.2 Å². The van der Waals surface area contributed by atoms with Crippen LogP contribution in [0.3, 0.4) is 0 Å². The number of carbonyl (C=O) groups is 1. The summed E-state index contributed by atoms with van der Waals surface area (Å²) in [6.45, 7) is 7.09. The van der Waals surface area contributed by atoms with Crippen molar-refractivity contribution in [3.8, 4) is 22.6 Å². The van der Waals surface area contributed by atoms with Gasteiger partial charge in [0, 0.05) is 48.6 Å². The largest absolute Gasteiger partial charge is 0.488 e. The summed E-state index contributed by atoms with van der Waals surface area (Å²) in [5, 5.41) is 6.47. The van der Waals surface area contributed by atoms with E-state index in [1.54, 1.807) is 12.1 Å². The summed E-state index contributed by atoms with van der Waals surface area (Å²) in [6, 6.07) is 17.9. The highest BCUT2D eigenvalue weighted by atomic mass is 19.1. The second-order valence-corrected chi connectivity index (χ2v) is 11.9. The molecule has 2 heterocycles. The van der Waals surface area contributed by atoms with Crippen molar-refractivity contribution in [2.75, 3.05) is 38.0 Å². The molecule has 0 saturated carbocycles. The lowest BCUT2D eigenvalue weighted by Gasteiger charge is -2.22. The van der Waals surface area contributed by atoms with Crippen LogP contribution in [0.2, 0.25) is 0 Å². The fraction of sp³-hybridized carbons (Fsp3) is 0.417. The molecule has 6 nitrogen and oxygen atoms in total. The molecule has 0 unspecified atom stereocenters. The smallest absolute Gasteiger partial charge is 0.255 e. The van der Waals surface area contributed by atoms with Crippen LogP contribution in [-0.4, -0.2) is 55.7 Å². The van der Waals surface area contributed by atoms with Crippen molar-refractivity contribution in [1.29, 1.82) is 0 Å². The van der Waals surface area contributed by atoms with Crippen LogP contribution in [0.15, 0.2) is 66.7 Å². The van der Waals surface area contributed by atoms with E-state index in [1.807, 2.05) is 36.4 Å². The van der Waals surface area contributed by atoms with Gasteiger partial charge in [-0.2, -0.15) is 0 Å². The summed E-state index contributed by atoms with van der Waals surface area (Å²) >= 11 is 0. The van der Waals surface area contributed by atoms with Gasteiger partial charge in [-0.25, -0.2) is 4.39 Å². The second-order valence-electron chi connectivity index (χ2n) is 11.9. The molecule has 0 aromatic heterocycles. The predicted octanol–water partition coefficient (Wildman–Crippen LogP) is 7.31. The molecular formula is C36H42FN3O3. The third-order valence-electron chi connectivity index (χ3n) is 8.49. The van der Waals surface area contributed by atoms with Crippen LogP contribution < -0.4 is 20.1 Å². The first-order valence-electron chi connectivity index (χ1n) is 15.9. The molecule has 0 spiro atoms. The normalized spacial score (nSPS) is 19.0. The molecule has 1 aliphatic carbocycles. The molecule has 43 heavy (non-hydrogen) atoms. The number of allylic oxidation sites excluding steroid dienone is 2. The third-order valence-corrected chi connectivity index (χ3v) is 8.49. The van der Waals surface area contributed by atoms with Gasteiger partial charge in [0.15, 0.2) is 0 Å². The number of anilines is 1. The predicted molar refractivity (Wildman–Crippen MR) is 170 cm³/mol. The van der Waals surface area contributed by atoms with E-state index in [1.165, 1.54) is 24.1 Å². The van der Waals surface area contributed by atoms with Crippen LogP contribution in [0.4, 0.5) is 10.1 Å². The SMILES string of the molecule is CCC[C@@H](CN1CC1)Oc1ccc(NC(=O)c2ccc(O[C@H]3CCNC3)c(C3=CCCCC3)c2)cc1-c1ccc(F)cc1. The van der Waals surface area contributed by atoms with Gasteiger partial charge in [-0.1, -0.05) is 31.6 Å². The molecular weight excluding hydrogens is 541 g/mol. The molecule has 0 bridgehead atoms. The number of halogens is 1. The van der Waals surface area contributed by atoms with Crippen LogP contribution in [0, 0.1) is 5.82 Å². The highest BCUT2D eigenvalue weighted by molar-refractivity contribution is 6.05. The van der Waals surface area contributed by atoms with E-state index in [2.05, 4.69) is 28.5 Å². The Bertz CT molecular complexity index is 1440. The number of hydrogen-bond acceptors (Lipinski definition) is 5.